The van der Waals surface area contributed by atoms with E-state index in [4.69, 9.17) is 0 Å². The Labute approximate surface area is 198 Å². The fourth-order valence-electron chi connectivity index (χ4n) is 5.10. The Bertz CT molecular complexity index is 795. The number of hydrogen-bond acceptors (Lipinski definition) is 2. The van der Waals surface area contributed by atoms with Gasteiger partial charge in [0.2, 0.25) is 0 Å². The molecule has 30 heavy (non-hydrogen) atoms. The van der Waals surface area contributed by atoms with Crippen molar-refractivity contribution in [2.24, 2.45) is 23.9 Å². The maximum atomic E-state index is 4.58. The van der Waals surface area contributed by atoms with E-state index in [0.717, 1.165) is 43.9 Å². The molecule has 1 unspecified atom stereocenters. The first-order valence-electron chi connectivity index (χ1n) is 11.2. The van der Waals surface area contributed by atoms with Crippen LogP contribution in [0.4, 0.5) is 0 Å². The average Bonchev–Trinajstić information content (AvgIpc) is 3.39. The first-order valence-corrected chi connectivity index (χ1v) is 11.2. The zero-order chi connectivity index (χ0) is 20.1. The lowest BCUT2D eigenvalue weighted by atomic mass is 9.79. The fourth-order valence-corrected chi connectivity index (χ4v) is 5.10. The number of benzene rings is 1. The van der Waals surface area contributed by atoms with Crippen molar-refractivity contribution in [3.8, 4) is 0 Å². The van der Waals surface area contributed by atoms with Crippen LogP contribution in [0, 0.1) is 11.8 Å². The van der Waals surface area contributed by atoms with Gasteiger partial charge in [-0.15, -0.1) is 24.0 Å². The molecule has 1 aromatic carbocycles. The molecule has 0 radical (unpaired) electrons. The molecule has 1 aliphatic carbocycles. The van der Waals surface area contributed by atoms with E-state index in [-0.39, 0.29) is 24.0 Å². The van der Waals surface area contributed by atoms with Gasteiger partial charge >= 0.3 is 0 Å². The molecule has 1 N–H and O–H groups in total. The van der Waals surface area contributed by atoms with Gasteiger partial charge in [0, 0.05) is 39.9 Å². The lowest BCUT2D eigenvalue weighted by Crippen LogP contribution is -2.42. The summed E-state index contributed by atoms with van der Waals surface area (Å²) in [6, 6.07) is 11.0. The second kappa shape index (κ2) is 11.2. The van der Waals surface area contributed by atoms with Crippen molar-refractivity contribution in [1.82, 2.24) is 20.0 Å². The molecule has 164 valence electrons. The van der Waals surface area contributed by atoms with Crippen LogP contribution in [0.1, 0.15) is 49.1 Å². The van der Waals surface area contributed by atoms with E-state index in [1.165, 1.54) is 43.2 Å². The molecule has 1 saturated carbocycles. The summed E-state index contributed by atoms with van der Waals surface area (Å²) in [5.74, 6) is 3.29. The number of halogens is 1. The molecule has 2 heterocycles. The zero-order valence-electron chi connectivity index (χ0n) is 18.3. The topological polar surface area (TPSA) is 45.5 Å². The van der Waals surface area contributed by atoms with Gasteiger partial charge < -0.3 is 10.2 Å². The van der Waals surface area contributed by atoms with E-state index >= 15 is 0 Å². The van der Waals surface area contributed by atoms with Crippen molar-refractivity contribution < 1.29 is 0 Å². The van der Waals surface area contributed by atoms with Gasteiger partial charge in [0.05, 0.1) is 6.20 Å². The summed E-state index contributed by atoms with van der Waals surface area (Å²) in [6.07, 6.45) is 11.7. The highest BCUT2D eigenvalue weighted by Gasteiger charge is 2.27. The summed E-state index contributed by atoms with van der Waals surface area (Å²) in [7, 11) is 3.91. The quantitative estimate of drug-likeness (QED) is 0.359. The van der Waals surface area contributed by atoms with Crippen molar-refractivity contribution in [3.05, 3.63) is 53.9 Å². The van der Waals surface area contributed by atoms with Gasteiger partial charge in [0.15, 0.2) is 5.96 Å². The SMILES string of the molecule is CN=C(NCC1CCC(c2ccccc2)CC1)N1CCC(Cc2cnn(C)c2)C1.I. The molecule has 1 saturated heterocycles. The van der Waals surface area contributed by atoms with Gasteiger partial charge in [-0.2, -0.15) is 5.10 Å². The van der Waals surface area contributed by atoms with Crippen LogP contribution in [0.5, 0.6) is 0 Å². The summed E-state index contributed by atoms with van der Waals surface area (Å²) in [5.41, 5.74) is 2.86. The third-order valence-electron chi connectivity index (χ3n) is 6.75. The Hall–Kier alpha value is -1.57. The monoisotopic (exact) mass is 521 g/mol. The molecule has 2 aromatic rings. The Morgan fingerprint density at radius 1 is 1.10 bits per heavy atom. The summed E-state index contributed by atoms with van der Waals surface area (Å²) in [4.78, 5) is 7.02. The van der Waals surface area contributed by atoms with Crippen LogP contribution in [-0.2, 0) is 13.5 Å². The van der Waals surface area contributed by atoms with E-state index < -0.39 is 0 Å². The minimum Gasteiger partial charge on any atom is -0.356 e. The van der Waals surface area contributed by atoms with Crippen molar-refractivity contribution >= 4 is 29.9 Å². The third-order valence-corrected chi connectivity index (χ3v) is 6.75. The molecule has 1 aliphatic heterocycles. The minimum atomic E-state index is 0. The maximum absolute atomic E-state index is 4.58. The Morgan fingerprint density at radius 3 is 2.53 bits per heavy atom. The van der Waals surface area contributed by atoms with Gasteiger partial charge in [0.1, 0.15) is 0 Å². The van der Waals surface area contributed by atoms with Crippen LogP contribution >= 0.6 is 24.0 Å². The summed E-state index contributed by atoms with van der Waals surface area (Å²) in [6.45, 7) is 3.25. The molecule has 2 fully saturated rings. The minimum absolute atomic E-state index is 0. The van der Waals surface area contributed by atoms with Gasteiger partial charge in [0.25, 0.3) is 0 Å². The Balaban J connectivity index is 0.00000256. The number of rotatable bonds is 5. The predicted molar refractivity (Wildman–Crippen MR) is 135 cm³/mol. The van der Waals surface area contributed by atoms with Crippen LogP contribution < -0.4 is 5.32 Å². The summed E-state index contributed by atoms with van der Waals surface area (Å²) < 4.78 is 1.90. The maximum Gasteiger partial charge on any atom is 0.193 e. The van der Waals surface area contributed by atoms with E-state index in [0.29, 0.717) is 5.92 Å². The standard InChI is InChI=1S/C24H35N5.HI/c1-25-24(29-13-12-20(18-29)14-21-16-27-28(2)17-21)26-15-19-8-10-23(11-9-19)22-6-4-3-5-7-22;/h3-7,16-17,19-20,23H,8-15,18H2,1-2H3,(H,25,26);1H. The number of aliphatic imine (C=N–C) groups is 1. The van der Waals surface area contributed by atoms with Crippen LogP contribution in [0.3, 0.4) is 0 Å². The molecular weight excluding hydrogens is 485 g/mol. The second-order valence-corrected chi connectivity index (χ2v) is 8.88. The Morgan fingerprint density at radius 2 is 1.87 bits per heavy atom. The molecule has 1 aromatic heterocycles. The number of likely N-dealkylation sites (tertiary alicyclic amines) is 1. The lowest BCUT2D eigenvalue weighted by Gasteiger charge is -2.30. The van der Waals surface area contributed by atoms with Gasteiger partial charge in [-0.25, -0.2) is 0 Å². The van der Waals surface area contributed by atoms with Gasteiger partial charge in [-0.1, -0.05) is 30.3 Å². The molecule has 0 amide bonds. The number of nitrogens with zero attached hydrogens (tertiary/aromatic N) is 4. The second-order valence-electron chi connectivity index (χ2n) is 8.88. The summed E-state index contributed by atoms with van der Waals surface area (Å²) >= 11 is 0. The van der Waals surface area contributed by atoms with Crippen LogP contribution in [-0.4, -0.2) is 47.3 Å². The number of nitrogens with one attached hydrogen (secondary N) is 1. The molecule has 4 rings (SSSR count). The molecule has 0 bridgehead atoms. The van der Waals surface area contributed by atoms with Crippen molar-refractivity contribution in [3.63, 3.8) is 0 Å². The van der Waals surface area contributed by atoms with E-state index in [1.54, 1.807) is 0 Å². The molecule has 5 nitrogen and oxygen atoms in total. The van der Waals surface area contributed by atoms with Crippen molar-refractivity contribution in [1.29, 1.82) is 0 Å². The van der Waals surface area contributed by atoms with Crippen LogP contribution in [0.2, 0.25) is 0 Å². The first-order chi connectivity index (χ1) is 14.2. The lowest BCUT2D eigenvalue weighted by molar-refractivity contribution is 0.321. The van der Waals surface area contributed by atoms with Gasteiger partial charge in [-0.3, -0.25) is 9.67 Å². The average molecular weight is 521 g/mol. The molecule has 0 spiro atoms. The normalized spacial score (nSPS) is 24.5. The van der Waals surface area contributed by atoms with Crippen LogP contribution in [0.15, 0.2) is 47.7 Å². The van der Waals surface area contributed by atoms with E-state index in [9.17, 15) is 0 Å². The Kier molecular flexibility index (Phi) is 8.60. The smallest absolute Gasteiger partial charge is 0.193 e. The molecule has 6 heteroatoms. The predicted octanol–water partition coefficient (Wildman–Crippen LogP) is 4.45. The zero-order valence-corrected chi connectivity index (χ0v) is 20.7. The number of aryl methyl sites for hydroxylation is 1. The first kappa shape index (κ1) is 23.1. The number of hydrogen-bond donors (Lipinski definition) is 1. The highest BCUT2D eigenvalue weighted by Crippen LogP contribution is 2.35. The largest absolute Gasteiger partial charge is 0.356 e. The molecular formula is C24H36IN5. The van der Waals surface area contributed by atoms with Crippen LogP contribution in [0.25, 0.3) is 0 Å². The molecule has 1 atom stereocenters. The number of aromatic nitrogens is 2. The fraction of sp³-hybridized carbons (Fsp3) is 0.583. The summed E-state index contributed by atoms with van der Waals surface area (Å²) in [5, 5.41) is 7.99. The highest BCUT2D eigenvalue weighted by atomic mass is 127. The van der Waals surface area contributed by atoms with E-state index in [2.05, 4.69) is 56.8 Å². The van der Waals surface area contributed by atoms with E-state index in [1.807, 2.05) is 25.0 Å². The van der Waals surface area contributed by atoms with Crippen molar-refractivity contribution in [2.45, 2.75) is 44.4 Å². The van der Waals surface area contributed by atoms with Crippen molar-refractivity contribution in [2.75, 3.05) is 26.7 Å². The molecule has 2 aliphatic rings. The number of guanidine groups is 1. The highest BCUT2D eigenvalue weighted by molar-refractivity contribution is 14.0. The third kappa shape index (κ3) is 5.99. The van der Waals surface area contributed by atoms with Gasteiger partial charge in [-0.05, 0) is 67.4 Å².